The van der Waals surface area contributed by atoms with Gasteiger partial charge in [-0.15, -0.1) is 0 Å². The first-order valence-electron chi connectivity index (χ1n) is 8.58. The van der Waals surface area contributed by atoms with Crippen LogP contribution in [0.2, 0.25) is 0 Å². The molecule has 0 saturated heterocycles. The van der Waals surface area contributed by atoms with Crippen LogP contribution in [0, 0.1) is 0 Å². The number of halogens is 1. The molecule has 3 heterocycles. The van der Waals surface area contributed by atoms with Gasteiger partial charge in [0.1, 0.15) is 0 Å². The second-order valence-corrected chi connectivity index (χ2v) is 6.89. The maximum absolute atomic E-state index is 12.7. The van der Waals surface area contributed by atoms with Crippen molar-refractivity contribution < 1.29 is 0 Å². The second-order valence-electron chi connectivity index (χ2n) is 6.30. The molecule has 3 aromatic heterocycles. The third kappa shape index (κ3) is 3.82. The van der Waals surface area contributed by atoms with Gasteiger partial charge in [-0.3, -0.25) is 13.9 Å². The minimum absolute atomic E-state index is 0.348. The monoisotopic (exact) mass is 391 g/mol. The summed E-state index contributed by atoms with van der Waals surface area (Å²) in [6.45, 7) is 3.61. The molecule has 0 aliphatic rings. The number of rotatable bonds is 7. The number of imidazole rings is 2. The van der Waals surface area contributed by atoms with Crippen molar-refractivity contribution in [2.45, 2.75) is 26.4 Å². The number of anilines is 1. The number of hydrogen-bond acceptors (Lipinski definition) is 5. The van der Waals surface area contributed by atoms with Crippen molar-refractivity contribution in [3.63, 3.8) is 0 Å². The van der Waals surface area contributed by atoms with Gasteiger partial charge in [0.05, 0.1) is 6.33 Å². The van der Waals surface area contributed by atoms with E-state index in [0.717, 1.165) is 17.5 Å². The summed E-state index contributed by atoms with van der Waals surface area (Å²) in [5.41, 5.74) is -0.0766. The summed E-state index contributed by atoms with van der Waals surface area (Å²) in [5, 5.41) is 3.88. The number of allylic oxidation sites excluding steroid dienone is 2. The molecule has 10 heteroatoms. The van der Waals surface area contributed by atoms with Crippen molar-refractivity contribution in [2.24, 2.45) is 14.1 Å². The Balaban J connectivity index is 1.95. The van der Waals surface area contributed by atoms with Crippen LogP contribution in [-0.2, 0) is 27.2 Å². The van der Waals surface area contributed by atoms with Gasteiger partial charge in [-0.05, 0) is 13.3 Å². The Morgan fingerprint density at radius 2 is 2.07 bits per heavy atom. The van der Waals surface area contributed by atoms with Crippen LogP contribution in [0.3, 0.4) is 0 Å². The first-order chi connectivity index (χ1) is 12.9. The van der Waals surface area contributed by atoms with Crippen molar-refractivity contribution in [1.82, 2.24) is 28.2 Å². The first kappa shape index (κ1) is 19.0. The lowest BCUT2D eigenvalue weighted by Gasteiger charge is -2.09. The van der Waals surface area contributed by atoms with E-state index in [-0.39, 0.29) is 5.56 Å². The Kier molecular flexibility index (Phi) is 5.50. The first-order valence-corrected chi connectivity index (χ1v) is 8.96. The lowest BCUT2D eigenvalue weighted by molar-refractivity contribution is 0.657. The van der Waals surface area contributed by atoms with Crippen molar-refractivity contribution in [1.29, 1.82) is 0 Å². The molecule has 0 saturated carbocycles. The van der Waals surface area contributed by atoms with E-state index < -0.39 is 5.69 Å². The highest BCUT2D eigenvalue weighted by Gasteiger charge is 2.18. The summed E-state index contributed by atoms with van der Waals surface area (Å²) in [6, 6.07) is 0. The molecule has 0 amide bonds. The quantitative estimate of drug-likeness (QED) is 0.612. The summed E-state index contributed by atoms with van der Waals surface area (Å²) in [4.78, 5) is 33.4. The van der Waals surface area contributed by atoms with Crippen LogP contribution in [0.1, 0.15) is 13.3 Å². The zero-order valence-corrected chi connectivity index (χ0v) is 16.3. The number of aromatic nitrogens is 6. The normalized spacial score (nSPS) is 12.1. The van der Waals surface area contributed by atoms with E-state index in [4.69, 9.17) is 11.6 Å². The van der Waals surface area contributed by atoms with Crippen LogP contribution >= 0.6 is 11.6 Å². The maximum atomic E-state index is 12.7. The van der Waals surface area contributed by atoms with E-state index in [1.165, 1.54) is 11.6 Å². The maximum Gasteiger partial charge on any atom is 0.332 e. The number of fused-ring (bicyclic) bond motifs is 1. The SMILES string of the molecule is C/C(Cl)=C/Cn1c(NCCCn2ccnc2)nc2c1c(=O)n(C)c(=O)n2C. The molecule has 144 valence electrons. The molecular formula is C17H22ClN7O2. The van der Waals surface area contributed by atoms with Gasteiger partial charge in [0, 0.05) is 51.2 Å². The fourth-order valence-electron chi connectivity index (χ4n) is 2.86. The Morgan fingerprint density at radius 3 is 2.74 bits per heavy atom. The zero-order valence-electron chi connectivity index (χ0n) is 15.5. The van der Waals surface area contributed by atoms with Gasteiger partial charge < -0.3 is 14.5 Å². The van der Waals surface area contributed by atoms with Crippen molar-refractivity contribution in [2.75, 3.05) is 11.9 Å². The molecule has 1 N–H and O–H groups in total. The molecule has 0 fully saturated rings. The van der Waals surface area contributed by atoms with E-state index in [0.29, 0.717) is 35.2 Å². The molecule has 27 heavy (non-hydrogen) atoms. The topological polar surface area (TPSA) is 91.7 Å². The molecule has 0 aromatic carbocycles. The molecule has 0 bridgehead atoms. The van der Waals surface area contributed by atoms with E-state index in [1.54, 1.807) is 37.1 Å². The highest BCUT2D eigenvalue weighted by Crippen LogP contribution is 2.16. The van der Waals surface area contributed by atoms with Crippen molar-refractivity contribution in [3.8, 4) is 0 Å². The summed E-state index contributed by atoms with van der Waals surface area (Å²) < 4.78 is 6.20. The summed E-state index contributed by atoms with van der Waals surface area (Å²) >= 11 is 5.97. The van der Waals surface area contributed by atoms with Gasteiger partial charge in [0.25, 0.3) is 5.56 Å². The Morgan fingerprint density at radius 1 is 1.30 bits per heavy atom. The number of nitrogens with zero attached hydrogens (tertiary/aromatic N) is 6. The molecule has 0 unspecified atom stereocenters. The van der Waals surface area contributed by atoms with Gasteiger partial charge >= 0.3 is 5.69 Å². The van der Waals surface area contributed by atoms with Crippen LogP contribution in [0.15, 0.2) is 39.4 Å². The minimum atomic E-state index is -0.409. The average molecular weight is 392 g/mol. The van der Waals surface area contributed by atoms with Gasteiger partial charge in [-0.2, -0.15) is 4.98 Å². The van der Waals surface area contributed by atoms with Crippen LogP contribution in [0.25, 0.3) is 11.2 Å². The molecule has 0 atom stereocenters. The van der Waals surface area contributed by atoms with E-state index in [1.807, 2.05) is 10.8 Å². The number of hydrogen-bond donors (Lipinski definition) is 1. The van der Waals surface area contributed by atoms with Crippen LogP contribution in [0.4, 0.5) is 5.95 Å². The Bertz CT molecular complexity index is 1090. The molecule has 0 aliphatic carbocycles. The molecule has 9 nitrogen and oxygen atoms in total. The smallest absolute Gasteiger partial charge is 0.332 e. The molecule has 0 spiro atoms. The lowest BCUT2D eigenvalue weighted by atomic mass is 10.4. The molecular weight excluding hydrogens is 370 g/mol. The second kappa shape index (κ2) is 7.83. The van der Waals surface area contributed by atoms with Crippen molar-refractivity contribution >= 4 is 28.7 Å². The zero-order chi connectivity index (χ0) is 19.6. The standard InChI is InChI=1S/C17H22ClN7O2/c1-12(18)5-9-25-13-14(22(2)17(27)23(3)15(13)26)21-16(25)20-6-4-8-24-10-7-19-11-24/h5,7,10-11H,4,6,8-9H2,1-3H3,(H,20,21)/b12-5-. The van der Waals surface area contributed by atoms with E-state index >= 15 is 0 Å². The highest BCUT2D eigenvalue weighted by molar-refractivity contribution is 6.29. The van der Waals surface area contributed by atoms with E-state index in [2.05, 4.69) is 15.3 Å². The van der Waals surface area contributed by atoms with E-state index in [9.17, 15) is 9.59 Å². The predicted octanol–water partition coefficient (Wildman–Crippen LogP) is 1.27. The number of nitrogens with one attached hydrogen (secondary N) is 1. The fraction of sp³-hybridized carbons (Fsp3) is 0.412. The highest BCUT2D eigenvalue weighted by atomic mass is 35.5. The van der Waals surface area contributed by atoms with Gasteiger partial charge in [-0.1, -0.05) is 17.7 Å². The molecule has 0 radical (unpaired) electrons. The minimum Gasteiger partial charge on any atom is -0.356 e. The summed E-state index contributed by atoms with van der Waals surface area (Å²) in [5.74, 6) is 0.531. The lowest BCUT2D eigenvalue weighted by Crippen LogP contribution is -2.37. The van der Waals surface area contributed by atoms with Crippen LogP contribution in [-0.4, -0.2) is 34.8 Å². The van der Waals surface area contributed by atoms with Gasteiger partial charge in [0.15, 0.2) is 11.2 Å². The third-order valence-electron chi connectivity index (χ3n) is 4.34. The summed E-state index contributed by atoms with van der Waals surface area (Å²) in [7, 11) is 3.06. The third-order valence-corrected chi connectivity index (χ3v) is 4.49. The average Bonchev–Trinajstić information content (AvgIpc) is 3.27. The molecule has 3 rings (SSSR count). The fourth-order valence-corrected chi connectivity index (χ4v) is 2.93. The largest absolute Gasteiger partial charge is 0.356 e. The van der Waals surface area contributed by atoms with Gasteiger partial charge in [-0.25, -0.2) is 9.78 Å². The van der Waals surface area contributed by atoms with Gasteiger partial charge in [0.2, 0.25) is 5.95 Å². The Hall–Kier alpha value is -2.81. The molecule has 3 aromatic rings. The molecule has 0 aliphatic heterocycles. The predicted molar refractivity (Wildman–Crippen MR) is 105 cm³/mol. The van der Waals surface area contributed by atoms with Crippen LogP contribution < -0.4 is 16.6 Å². The summed E-state index contributed by atoms with van der Waals surface area (Å²) in [6.07, 6.45) is 8.06. The number of aryl methyl sites for hydroxylation is 2. The van der Waals surface area contributed by atoms with Crippen molar-refractivity contribution in [3.05, 3.63) is 50.7 Å². The Labute approximate surface area is 160 Å². The van der Waals surface area contributed by atoms with Crippen LogP contribution in [0.5, 0.6) is 0 Å².